The van der Waals surface area contributed by atoms with E-state index in [4.69, 9.17) is 11.6 Å². The van der Waals surface area contributed by atoms with Crippen LogP contribution in [0.25, 0.3) is 5.69 Å². The molecule has 0 saturated heterocycles. The van der Waals surface area contributed by atoms with Gasteiger partial charge in [0.25, 0.3) is 0 Å². The lowest BCUT2D eigenvalue weighted by Gasteiger charge is -2.32. The maximum absolute atomic E-state index is 13.7. The summed E-state index contributed by atoms with van der Waals surface area (Å²) in [6, 6.07) is 13.1. The Bertz CT molecular complexity index is 1170. The Morgan fingerprint density at radius 3 is 2.62 bits per heavy atom. The monoisotopic (exact) mass is 406 g/mol. The highest BCUT2D eigenvalue weighted by molar-refractivity contribution is 6.30. The third-order valence-corrected chi connectivity index (χ3v) is 6.13. The number of carbonyl (C=O) groups is 2. The third-order valence-electron chi connectivity index (χ3n) is 5.88. The highest BCUT2D eigenvalue weighted by Crippen LogP contribution is 2.53. The largest absolute Gasteiger partial charge is 0.311 e. The summed E-state index contributed by atoms with van der Waals surface area (Å²) >= 11 is 6.01. The zero-order chi connectivity index (χ0) is 20.3. The van der Waals surface area contributed by atoms with Gasteiger partial charge in [0.1, 0.15) is 11.2 Å². The summed E-state index contributed by atoms with van der Waals surface area (Å²) in [6.45, 7) is 4.49. The molecule has 2 aromatic carbocycles. The van der Waals surface area contributed by atoms with Crippen LogP contribution in [0.5, 0.6) is 0 Å². The number of hydrogen-bond acceptors (Lipinski definition) is 3. The van der Waals surface area contributed by atoms with Crippen molar-refractivity contribution in [1.29, 1.82) is 0 Å². The van der Waals surface area contributed by atoms with Crippen LogP contribution in [0.1, 0.15) is 30.0 Å². The molecule has 1 N–H and O–H groups in total. The molecule has 0 fully saturated rings. The van der Waals surface area contributed by atoms with E-state index in [1.54, 1.807) is 27.9 Å². The van der Waals surface area contributed by atoms with E-state index >= 15 is 0 Å². The number of amides is 2. The van der Waals surface area contributed by atoms with Crippen LogP contribution in [0.3, 0.4) is 0 Å². The number of carbonyl (C=O) groups excluding carboxylic acids is 2. The van der Waals surface area contributed by atoms with Gasteiger partial charge in [-0.25, -0.2) is 4.68 Å². The van der Waals surface area contributed by atoms with Gasteiger partial charge < -0.3 is 10.2 Å². The lowest BCUT2D eigenvalue weighted by atomic mass is 9.71. The number of nitrogens with zero attached hydrogens (tertiary/aromatic N) is 3. The van der Waals surface area contributed by atoms with Gasteiger partial charge in [-0.1, -0.05) is 29.8 Å². The molecule has 1 spiro atoms. The van der Waals surface area contributed by atoms with Crippen LogP contribution in [0.2, 0.25) is 5.02 Å². The minimum absolute atomic E-state index is 0.0676. The molecule has 146 valence electrons. The number of aromatic nitrogens is 2. The van der Waals surface area contributed by atoms with Crippen molar-refractivity contribution in [2.75, 3.05) is 16.8 Å². The van der Waals surface area contributed by atoms with E-state index in [1.807, 2.05) is 44.2 Å². The standard InChI is InChI=1S/C22H19ClN4O2/c1-3-26-19-13(2)5-4-6-16(19)22(21(26)29)11-18(28)25-20-17(22)12-24-27(20)15-9-7-14(23)8-10-15/h4-10,12H,3,11H2,1-2H3,(H,25,28). The second kappa shape index (κ2) is 6.19. The number of anilines is 2. The predicted octanol–water partition coefficient (Wildman–Crippen LogP) is 3.83. The number of rotatable bonds is 2. The van der Waals surface area contributed by atoms with Gasteiger partial charge in [0.05, 0.1) is 17.6 Å². The lowest BCUT2D eigenvalue weighted by molar-refractivity contribution is -0.126. The van der Waals surface area contributed by atoms with Crippen LogP contribution >= 0.6 is 11.6 Å². The molecule has 3 aromatic rings. The number of benzene rings is 2. The Morgan fingerprint density at radius 1 is 1.14 bits per heavy atom. The molecular formula is C22H19ClN4O2. The molecule has 0 radical (unpaired) electrons. The van der Waals surface area contributed by atoms with E-state index in [0.717, 1.165) is 28.1 Å². The van der Waals surface area contributed by atoms with E-state index in [9.17, 15) is 9.59 Å². The summed E-state index contributed by atoms with van der Waals surface area (Å²) in [5, 5.41) is 8.06. The number of likely N-dealkylation sites (N-methyl/N-ethyl adjacent to an activating group) is 1. The fourth-order valence-corrected chi connectivity index (χ4v) is 4.74. The van der Waals surface area contributed by atoms with Gasteiger partial charge in [-0.3, -0.25) is 9.59 Å². The maximum atomic E-state index is 13.7. The molecule has 6 nitrogen and oxygen atoms in total. The second-order valence-corrected chi connectivity index (χ2v) is 7.88. The van der Waals surface area contributed by atoms with Crippen molar-refractivity contribution in [3.8, 4) is 5.69 Å². The number of para-hydroxylation sites is 1. The van der Waals surface area contributed by atoms with E-state index in [-0.39, 0.29) is 18.2 Å². The lowest BCUT2D eigenvalue weighted by Crippen LogP contribution is -2.46. The van der Waals surface area contributed by atoms with Crippen molar-refractivity contribution in [1.82, 2.24) is 9.78 Å². The summed E-state index contributed by atoms with van der Waals surface area (Å²) in [5.74, 6) is 0.255. The number of aryl methyl sites for hydroxylation is 1. The van der Waals surface area contributed by atoms with Crippen molar-refractivity contribution < 1.29 is 9.59 Å². The summed E-state index contributed by atoms with van der Waals surface area (Å²) in [5.41, 5.74) is 3.22. The van der Waals surface area contributed by atoms with E-state index in [0.29, 0.717) is 17.4 Å². The molecule has 0 aliphatic carbocycles. The van der Waals surface area contributed by atoms with E-state index in [1.165, 1.54) is 0 Å². The first-order valence-electron chi connectivity index (χ1n) is 9.53. The first kappa shape index (κ1) is 17.9. The summed E-state index contributed by atoms with van der Waals surface area (Å²) in [6.07, 6.45) is 1.77. The molecular weight excluding hydrogens is 388 g/mol. The molecule has 2 aliphatic heterocycles. The van der Waals surface area contributed by atoms with E-state index < -0.39 is 5.41 Å². The van der Waals surface area contributed by atoms with Gasteiger partial charge in [-0.15, -0.1) is 0 Å². The summed E-state index contributed by atoms with van der Waals surface area (Å²) < 4.78 is 1.65. The third kappa shape index (κ3) is 2.32. The average molecular weight is 407 g/mol. The van der Waals surface area contributed by atoms with Crippen molar-refractivity contribution in [3.63, 3.8) is 0 Å². The maximum Gasteiger partial charge on any atom is 0.242 e. The molecule has 7 heteroatoms. The highest BCUT2D eigenvalue weighted by atomic mass is 35.5. The Balaban J connectivity index is 1.78. The zero-order valence-electron chi connectivity index (χ0n) is 16.1. The molecule has 3 heterocycles. The molecule has 5 rings (SSSR count). The minimum Gasteiger partial charge on any atom is -0.311 e. The van der Waals surface area contributed by atoms with Gasteiger partial charge in [0.2, 0.25) is 11.8 Å². The van der Waals surface area contributed by atoms with Crippen LogP contribution in [0, 0.1) is 6.92 Å². The quantitative estimate of drug-likeness (QED) is 0.703. The molecule has 2 amide bonds. The number of halogens is 1. The summed E-state index contributed by atoms with van der Waals surface area (Å²) in [7, 11) is 0. The molecule has 1 aromatic heterocycles. The second-order valence-electron chi connectivity index (χ2n) is 7.45. The van der Waals surface area contributed by atoms with Crippen LogP contribution in [-0.2, 0) is 15.0 Å². The number of fused-ring (bicyclic) bond motifs is 4. The topological polar surface area (TPSA) is 67.2 Å². The highest BCUT2D eigenvalue weighted by Gasteiger charge is 2.57. The number of nitrogens with one attached hydrogen (secondary N) is 1. The normalized spacial score (nSPS) is 20.0. The fourth-order valence-electron chi connectivity index (χ4n) is 4.61. The Kier molecular flexibility index (Phi) is 3.83. The molecule has 1 atom stereocenters. The minimum atomic E-state index is -1.06. The average Bonchev–Trinajstić information content (AvgIpc) is 3.22. The van der Waals surface area contributed by atoms with Crippen molar-refractivity contribution in [2.45, 2.75) is 25.7 Å². The number of hydrogen-bond donors (Lipinski definition) is 1. The van der Waals surface area contributed by atoms with Gasteiger partial charge in [-0.2, -0.15) is 5.10 Å². The smallest absolute Gasteiger partial charge is 0.242 e. The molecule has 0 bridgehead atoms. The molecule has 0 saturated carbocycles. The van der Waals surface area contributed by atoms with Crippen LogP contribution in [0.15, 0.2) is 48.7 Å². The van der Waals surface area contributed by atoms with Crippen molar-refractivity contribution in [3.05, 3.63) is 70.4 Å². The van der Waals surface area contributed by atoms with Gasteiger partial charge in [0.15, 0.2) is 0 Å². The van der Waals surface area contributed by atoms with Crippen LogP contribution in [-0.4, -0.2) is 28.1 Å². The Labute approximate surface area is 173 Å². The first-order chi connectivity index (χ1) is 14.0. The predicted molar refractivity (Wildman–Crippen MR) is 112 cm³/mol. The zero-order valence-corrected chi connectivity index (χ0v) is 16.8. The van der Waals surface area contributed by atoms with Gasteiger partial charge in [0, 0.05) is 23.6 Å². The van der Waals surface area contributed by atoms with Crippen LogP contribution < -0.4 is 10.2 Å². The van der Waals surface area contributed by atoms with Crippen molar-refractivity contribution >= 4 is 34.9 Å². The van der Waals surface area contributed by atoms with Crippen LogP contribution in [0.4, 0.5) is 11.5 Å². The molecule has 1 unspecified atom stereocenters. The first-order valence-corrected chi connectivity index (χ1v) is 9.91. The van der Waals surface area contributed by atoms with Gasteiger partial charge in [-0.05, 0) is 49.2 Å². The molecule has 2 aliphatic rings. The molecule has 29 heavy (non-hydrogen) atoms. The summed E-state index contributed by atoms with van der Waals surface area (Å²) in [4.78, 5) is 28.3. The van der Waals surface area contributed by atoms with E-state index in [2.05, 4.69) is 10.4 Å². The fraction of sp³-hybridized carbons (Fsp3) is 0.227. The SMILES string of the molecule is CCN1C(=O)C2(CC(=O)Nc3c2cnn3-c2ccc(Cl)cc2)c2cccc(C)c21. The Hall–Kier alpha value is -3.12. The Morgan fingerprint density at radius 2 is 1.90 bits per heavy atom. The van der Waals surface area contributed by atoms with Crippen molar-refractivity contribution in [2.24, 2.45) is 0 Å². The van der Waals surface area contributed by atoms with Gasteiger partial charge >= 0.3 is 0 Å².